The second-order valence-corrected chi connectivity index (χ2v) is 8.05. The zero-order chi connectivity index (χ0) is 20.3. The highest BCUT2D eigenvalue weighted by atomic mass is 32.2. The van der Waals surface area contributed by atoms with Crippen LogP contribution in [0.5, 0.6) is 5.75 Å². The standard InChI is InChI=1S/C20H20FN3O3S/c1-3-28(26)13(2)27-17-6-4-5-14(11-17)19(25)18-12-23-24(20(18)22)16-9-7-15(21)8-10-16/h4-13H,3,22H2,1-2H3. The Balaban J connectivity index is 1.85. The van der Waals surface area contributed by atoms with Crippen molar-refractivity contribution in [3.8, 4) is 11.4 Å². The van der Waals surface area contributed by atoms with Crippen LogP contribution in [0.4, 0.5) is 10.2 Å². The lowest BCUT2D eigenvalue weighted by Gasteiger charge is -2.18. The number of nitrogens with two attached hydrogens (primary N) is 1. The summed E-state index contributed by atoms with van der Waals surface area (Å²) in [7, 11) is 0. The van der Waals surface area contributed by atoms with Crippen molar-refractivity contribution in [3.63, 3.8) is 0 Å². The highest BCUT2D eigenvalue weighted by molar-refractivity contribution is 7.91. The molecule has 1 aromatic heterocycles. The molecule has 0 aliphatic rings. The second-order valence-electron chi connectivity index (χ2n) is 6.04. The zero-order valence-electron chi connectivity index (χ0n) is 15.5. The van der Waals surface area contributed by atoms with Gasteiger partial charge in [-0.2, -0.15) is 5.10 Å². The van der Waals surface area contributed by atoms with Crippen molar-refractivity contribution in [3.05, 3.63) is 71.7 Å². The van der Waals surface area contributed by atoms with E-state index in [2.05, 4.69) is 5.10 Å². The number of hydrogen-bond acceptors (Lipinski definition) is 5. The van der Waals surface area contributed by atoms with Crippen LogP contribution in [0.3, 0.4) is 0 Å². The van der Waals surface area contributed by atoms with E-state index in [1.807, 2.05) is 6.92 Å². The Bertz CT molecular complexity index is 975. The fraction of sp³-hybridized carbons (Fsp3) is 0.200. The molecule has 0 fully saturated rings. The first kappa shape index (κ1) is 19.9. The normalized spacial score (nSPS) is 13.1. The van der Waals surface area contributed by atoms with E-state index in [0.29, 0.717) is 22.8 Å². The lowest BCUT2D eigenvalue weighted by atomic mass is 10.1. The van der Waals surface area contributed by atoms with E-state index in [4.69, 9.17) is 10.5 Å². The number of ether oxygens (including phenoxy) is 1. The van der Waals surface area contributed by atoms with Gasteiger partial charge in [-0.05, 0) is 54.5 Å². The zero-order valence-corrected chi connectivity index (χ0v) is 16.3. The SMILES string of the molecule is CC[S+]([O-])C(C)Oc1cccc(C(=O)c2cnn(-c3ccc(F)cc3)c2N)c1. The Kier molecular flexibility index (Phi) is 6.01. The van der Waals surface area contributed by atoms with Gasteiger partial charge in [0.15, 0.2) is 5.78 Å². The number of halogens is 1. The molecule has 0 bridgehead atoms. The summed E-state index contributed by atoms with van der Waals surface area (Å²) in [5.41, 5.74) is 6.77. The minimum absolute atomic E-state index is 0.156. The second kappa shape index (κ2) is 8.45. The summed E-state index contributed by atoms with van der Waals surface area (Å²) >= 11 is -1.12. The van der Waals surface area contributed by atoms with E-state index in [-0.39, 0.29) is 23.0 Å². The van der Waals surface area contributed by atoms with Gasteiger partial charge >= 0.3 is 0 Å². The maximum Gasteiger partial charge on any atom is 0.251 e. The van der Waals surface area contributed by atoms with Gasteiger partial charge in [-0.15, -0.1) is 0 Å². The van der Waals surface area contributed by atoms with E-state index >= 15 is 0 Å². The smallest absolute Gasteiger partial charge is 0.251 e. The molecule has 6 nitrogen and oxygen atoms in total. The average molecular weight is 401 g/mol. The minimum Gasteiger partial charge on any atom is -0.613 e. The third kappa shape index (κ3) is 4.18. The van der Waals surface area contributed by atoms with Gasteiger partial charge < -0.3 is 15.0 Å². The number of ketones is 1. The Labute approximate surface area is 165 Å². The number of carbonyl (C=O) groups excluding carboxylic acids is 1. The van der Waals surface area contributed by atoms with Crippen molar-refractivity contribution in [2.75, 3.05) is 11.5 Å². The average Bonchev–Trinajstić information content (AvgIpc) is 3.08. The van der Waals surface area contributed by atoms with Crippen LogP contribution in [0.1, 0.15) is 29.8 Å². The van der Waals surface area contributed by atoms with Gasteiger partial charge in [0, 0.05) is 12.5 Å². The van der Waals surface area contributed by atoms with Crippen LogP contribution in [0.15, 0.2) is 54.7 Å². The summed E-state index contributed by atoms with van der Waals surface area (Å²) in [5.74, 6) is 0.397. The molecule has 1 heterocycles. The van der Waals surface area contributed by atoms with Gasteiger partial charge in [0.2, 0.25) is 0 Å². The lowest BCUT2D eigenvalue weighted by Crippen LogP contribution is -2.25. The number of rotatable bonds is 7. The van der Waals surface area contributed by atoms with Crippen molar-refractivity contribution in [1.29, 1.82) is 0 Å². The number of aromatic nitrogens is 2. The number of benzene rings is 2. The van der Waals surface area contributed by atoms with Crippen molar-refractivity contribution >= 4 is 22.8 Å². The maximum absolute atomic E-state index is 13.1. The molecule has 2 atom stereocenters. The highest BCUT2D eigenvalue weighted by Crippen LogP contribution is 2.23. The van der Waals surface area contributed by atoms with Gasteiger partial charge in [0.25, 0.3) is 5.44 Å². The first-order valence-electron chi connectivity index (χ1n) is 8.68. The molecule has 3 rings (SSSR count). The van der Waals surface area contributed by atoms with Crippen LogP contribution in [0, 0.1) is 5.82 Å². The molecule has 8 heteroatoms. The molecular formula is C20H20FN3O3S. The predicted molar refractivity (Wildman–Crippen MR) is 107 cm³/mol. The molecule has 2 unspecified atom stereocenters. The number of carbonyl (C=O) groups is 1. The Morgan fingerprint density at radius 1 is 1.32 bits per heavy atom. The monoisotopic (exact) mass is 401 g/mol. The molecular weight excluding hydrogens is 381 g/mol. The van der Waals surface area contributed by atoms with E-state index < -0.39 is 16.6 Å². The van der Waals surface area contributed by atoms with Gasteiger partial charge in [-0.25, -0.2) is 9.07 Å². The number of nitrogen functional groups attached to an aromatic ring is 1. The third-order valence-corrected chi connectivity index (χ3v) is 5.58. The molecule has 2 aromatic carbocycles. The van der Waals surface area contributed by atoms with Crippen molar-refractivity contribution in [1.82, 2.24) is 9.78 Å². The molecule has 0 saturated heterocycles. The van der Waals surface area contributed by atoms with Crippen LogP contribution in [0.2, 0.25) is 0 Å². The van der Waals surface area contributed by atoms with Crippen LogP contribution in [0.25, 0.3) is 5.69 Å². The Morgan fingerprint density at radius 2 is 2.04 bits per heavy atom. The molecule has 28 heavy (non-hydrogen) atoms. The predicted octanol–water partition coefficient (Wildman–Crippen LogP) is 3.32. The quantitative estimate of drug-likeness (QED) is 0.484. The molecule has 0 saturated carbocycles. The number of nitrogens with zero attached hydrogens (tertiary/aromatic N) is 2. The first-order chi connectivity index (χ1) is 13.4. The van der Waals surface area contributed by atoms with Crippen molar-refractivity contribution in [2.24, 2.45) is 0 Å². The minimum atomic E-state index is -1.12. The summed E-state index contributed by atoms with van der Waals surface area (Å²) in [5, 5.41) is 4.14. The summed E-state index contributed by atoms with van der Waals surface area (Å²) in [4.78, 5) is 12.9. The molecule has 0 aliphatic heterocycles. The summed E-state index contributed by atoms with van der Waals surface area (Å²) in [6.45, 7) is 3.54. The van der Waals surface area contributed by atoms with E-state index in [1.165, 1.54) is 35.1 Å². The van der Waals surface area contributed by atoms with Crippen molar-refractivity contribution < 1.29 is 18.5 Å². The van der Waals surface area contributed by atoms with Gasteiger partial charge in [-0.3, -0.25) is 4.79 Å². The van der Waals surface area contributed by atoms with Gasteiger partial charge in [0.05, 0.1) is 17.4 Å². The first-order valence-corrected chi connectivity index (χ1v) is 10.1. The van der Waals surface area contributed by atoms with Crippen LogP contribution in [-0.4, -0.2) is 31.3 Å². The molecule has 0 aliphatic carbocycles. The Hall–Kier alpha value is -2.84. The van der Waals surface area contributed by atoms with Gasteiger partial charge in [0.1, 0.15) is 23.1 Å². The number of anilines is 1. The molecule has 2 N–H and O–H groups in total. The van der Waals surface area contributed by atoms with Crippen LogP contribution in [-0.2, 0) is 11.2 Å². The lowest BCUT2D eigenvalue weighted by molar-refractivity contribution is 0.103. The summed E-state index contributed by atoms with van der Waals surface area (Å²) in [6.07, 6.45) is 1.38. The van der Waals surface area contributed by atoms with Crippen LogP contribution >= 0.6 is 0 Å². The fourth-order valence-electron chi connectivity index (χ4n) is 2.67. The van der Waals surface area contributed by atoms with Crippen molar-refractivity contribution in [2.45, 2.75) is 19.3 Å². The van der Waals surface area contributed by atoms with E-state index in [1.54, 1.807) is 31.2 Å². The summed E-state index contributed by atoms with van der Waals surface area (Å²) < 4.78 is 32.0. The highest BCUT2D eigenvalue weighted by Gasteiger charge is 2.20. The largest absolute Gasteiger partial charge is 0.613 e. The molecule has 0 amide bonds. The number of hydrogen-bond donors (Lipinski definition) is 1. The van der Waals surface area contributed by atoms with E-state index in [9.17, 15) is 13.7 Å². The topological polar surface area (TPSA) is 93.2 Å². The molecule has 146 valence electrons. The molecule has 0 radical (unpaired) electrons. The summed E-state index contributed by atoms with van der Waals surface area (Å²) in [6, 6.07) is 12.2. The van der Waals surface area contributed by atoms with Gasteiger partial charge in [-0.1, -0.05) is 12.1 Å². The van der Waals surface area contributed by atoms with Crippen LogP contribution < -0.4 is 10.5 Å². The third-order valence-electron chi connectivity index (χ3n) is 4.18. The Morgan fingerprint density at radius 3 is 2.71 bits per heavy atom. The molecule has 0 spiro atoms. The molecule has 3 aromatic rings. The maximum atomic E-state index is 13.1. The fourth-order valence-corrected chi connectivity index (χ4v) is 3.35. The van der Waals surface area contributed by atoms with E-state index in [0.717, 1.165) is 0 Å².